The van der Waals surface area contributed by atoms with E-state index in [1.54, 1.807) is 0 Å². The van der Waals surface area contributed by atoms with Crippen LogP contribution in [0, 0.1) is 35.0 Å². The van der Waals surface area contributed by atoms with Crippen molar-refractivity contribution in [1.82, 2.24) is 4.90 Å². The van der Waals surface area contributed by atoms with Gasteiger partial charge in [0.05, 0.1) is 11.5 Å². The molecule has 0 aromatic heterocycles. The van der Waals surface area contributed by atoms with Crippen LogP contribution in [0.4, 0.5) is 0 Å². The van der Waals surface area contributed by atoms with E-state index in [9.17, 15) is 4.79 Å². The number of carbonyl (C=O) groups is 1. The van der Waals surface area contributed by atoms with Crippen molar-refractivity contribution in [3.8, 4) is 0 Å². The minimum Gasteiger partial charge on any atom is -0.311 e. The highest BCUT2D eigenvalue weighted by Crippen LogP contribution is 2.55. The van der Waals surface area contributed by atoms with Crippen LogP contribution < -0.4 is 0 Å². The van der Waals surface area contributed by atoms with E-state index in [1.807, 2.05) is 0 Å². The number of allylic oxidation sites excluding steroid dienone is 2. The zero-order chi connectivity index (χ0) is 17.4. The predicted molar refractivity (Wildman–Crippen MR) is 95.3 cm³/mol. The summed E-state index contributed by atoms with van der Waals surface area (Å²) in [5.41, 5.74) is 1.01. The van der Waals surface area contributed by atoms with Crippen LogP contribution in [-0.4, -0.2) is 16.8 Å². The zero-order valence-corrected chi connectivity index (χ0v) is 16.4. The fourth-order valence-electron chi connectivity index (χ4n) is 4.47. The lowest BCUT2D eigenvalue weighted by Crippen LogP contribution is -2.74. The Morgan fingerprint density at radius 3 is 1.68 bits per heavy atom. The van der Waals surface area contributed by atoms with Crippen molar-refractivity contribution in [2.45, 2.75) is 75.3 Å². The quantitative estimate of drug-likeness (QED) is 0.606. The summed E-state index contributed by atoms with van der Waals surface area (Å²) in [6, 6.07) is 0.312. The number of hydrogen-bond acceptors (Lipinski definition) is 1. The highest BCUT2D eigenvalue weighted by molar-refractivity contribution is 5.92. The number of rotatable bonds is 6. The first-order chi connectivity index (χ1) is 9.99. The van der Waals surface area contributed by atoms with Crippen LogP contribution in [0.5, 0.6) is 0 Å². The molecule has 0 saturated carbocycles. The van der Waals surface area contributed by atoms with Gasteiger partial charge in [0, 0.05) is 5.70 Å². The predicted octanol–water partition coefficient (Wildman–Crippen LogP) is 5.35. The molecule has 1 heterocycles. The third-order valence-corrected chi connectivity index (χ3v) is 5.27. The third kappa shape index (κ3) is 2.86. The Morgan fingerprint density at radius 1 is 0.955 bits per heavy atom. The molecule has 1 fully saturated rings. The first kappa shape index (κ1) is 19.3. The van der Waals surface area contributed by atoms with E-state index >= 15 is 0 Å². The molecule has 2 nitrogen and oxygen atoms in total. The smallest absolute Gasteiger partial charge is 0.235 e. The maximum absolute atomic E-state index is 13.3. The van der Waals surface area contributed by atoms with Gasteiger partial charge in [-0.05, 0) is 29.6 Å². The van der Waals surface area contributed by atoms with E-state index in [0.29, 0.717) is 41.5 Å². The van der Waals surface area contributed by atoms with Crippen molar-refractivity contribution >= 4 is 5.91 Å². The van der Waals surface area contributed by atoms with E-state index in [1.165, 1.54) is 5.70 Å². The van der Waals surface area contributed by atoms with Gasteiger partial charge >= 0.3 is 0 Å². The van der Waals surface area contributed by atoms with Gasteiger partial charge in [-0.15, -0.1) is 0 Å². The molecule has 0 aliphatic carbocycles. The van der Waals surface area contributed by atoms with E-state index in [-0.39, 0.29) is 5.41 Å². The summed E-state index contributed by atoms with van der Waals surface area (Å²) in [5, 5.41) is 0. The highest BCUT2D eigenvalue weighted by atomic mass is 16.2. The van der Waals surface area contributed by atoms with Crippen LogP contribution in [0.3, 0.4) is 0 Å². The molecule has 1 unspecified atom stereocenters. The standard InChI is InChI=1S/C20H37NO/c1-12(2)11-17(13(3)4)21-18(14(5)6)20(15(7)8,16(9)10)19(21)22/h11-16,18H,1-10H3. The molecule has 22 heavy (non-hydrogen) atoms. The van der Waals surface area contributed by atoms with Crippen LogP contribution in [-0.2, 0) is 4.79 Å². The van der Waals surface area contributed by atoms with Crippen molar-refractivity contribution in [3.05, 3.63) is 11.8 Å². The topological polar surface area (TPSA) is 20.3 Å². The maximum Gasteiger partial charge on any atom is 0.235 e. The Morgan fingerprint density at radius 2 is 1.41 bits per heavy atom. The average Bonchev–Trinajstić information content (AvgIpc) is 2.32. The van der Waals surface area contributed by atoms with E-state index in [4.69, 9.17) is 0 Å². The molecule has 1 amide bonds. The first-order valence-electron chi connectivity index (χ1n) is 9.04. The Bertz CT molecular complexity index is 421. The number of carbonyl (C=O) groups excluding carboxylic acids is 1. The molecule has 2 heteroatoms. The molecule has 1 rings (SSSR count). The second-order valence-electron chi connectivity index (χ2n) is 8.60. The van der Waals surface area contributed by atoms with Gasteiger partial charge in [0.25, 0.3) is 0 Å². The van der Waals surface area contributed by atoms with Crippen molar-refractivity contribution in [2.24, 2.45) is 35.0 Å². The Hall–Kier alpha value is -0.790. The first-order valence-corrected chi connectivity index (χ1v) is 9.04. The van der Waals surface area contributed by atoms with E-state index in [2.05, 4.69) is 80.2 Å². The molecule has 1 atom stereocenters. The van der Waals surface area contributed by atoms with Gasteiger partial charge in [0.1, 0.15) is 0 Å². The summed E-state index contributed by atoms with van der Waals surface area (Å²) in [6.45, 7) is 22.2. The van der Waals surface area contributed by atoms with Crippen molar-refractivity contribution < 1.29 is 4.79 Å². The second kappa shape index (κ2) is 6.76. The van der Waals surface area contributed by atoms with Crippen LogP contribution in [0.1, 0.15) is 69.2 Å². The number of likely N-dealkylation sites (tertiary alicyclic amines) is 1. The monoisotopic (exact) mass is 307 g/mol. The largest absolute Gasteiger partial charge is 0.311 e. The molecule has 0 spiro atoms. The van der Waals surface area contributed by atoms with Crippen molar-refractivity contribution in [2.75, 3.05) is 0 Å². The Balaban J connectivity index is 3.38. The molecule has 0 N–H and O–H groups in total. The maximum atomic E-state index is 13.3. The van der Waals surface area contributed by atoms with E-state index < -0.39 is 0 Å². The summed E-state index contributed by atoms with van der Waals surface area (Å²) in [7, 11) is 0. The molecular weight excluding hydrogens is 270 g/mol. The molecule has 0 aromatic rings. The van der Waals surface area contributed by atoms with Crippen LogP contribution >= 0.6 is 0 Å². The van der Waals surface area contributed by atoms with Crippen LogP contribution in [0.2, 0.25) is 0 Å². The molecular formula is C20H37NO. The normalized spacial score (nSPS) is 22.5. The number of nitrogens with zero attached hydrogens (tertiary/aromatic N) is 1. The van der Waals surface area contributed by atoms with Gasteiger partial charge in [-0.1, -0.05) is 75.3 Å². The summed E-state index contributed by atoms with van der Waals surface area (Å²) in [6.07, 6.45) is 2.28. The third-order valence-electron chi connectivity index (χ3n) is 5.27. The van der Waals surface area contributed by atoms with Gasteiger partial charge in [0.2, 0.25) is 5.91 Å². The molecule has 1 saturated heterocycles. The zero-order valence-electron chi connectivity index (χ0n) is 16.4. The number of hydrogen-bond donors (Lipinski definition) is 0. The lowest BCUT2D eigenvalue weighted by molar-refractivity contribution is -0.188. The number of amides is 1. The SMILES string of the molecule is CC(C)C=C(C(C)C)N1C(=O)C(C(C)C)(C(C)C)C1C(C)C. The van der Waals surface area contributed by atoms with Crippen LogP contribution in [0.15, 0.2) is 11.8 Å². The Kier molecular flexibility index (Phi) is 5.92. The summed E-state index contributed by atoms with van der Waals surface area (Å²) in [4.78, 5) is 15.4. The molecule has 1 aliphatic heterocycles. The van der Waals surface area contributed by atoms with Gasteiger partial charge in [-0.3, -0.25) is 4.79 Å². The van der Waals surface area contributed by atoms with Gasteiger partial charge in [-0.2, -0.15) is 0 Å². The molecule has 128 valence electrons. The minimum absolute atomic E-state index is 0.209. The average molecular weight is 308 g/mol. The summed E-state index contributed by atoms with van der Waals surface area (Å²) in [5.74, 6) is 2.40. The fourth-order valence-corrected chi connectivity index (χ4v) is 4.47. The van der Waals surface area contributed by atoms with Gasteiger partial charge in [-0.25, -0.2) is 0 Å². The van der Waals surface area contributed by atoms with Gasteiger partial charge < -0.3 is 4.90 Å². The lowest BCUT2D eigenvalue weighted by Gasteiger charge is -2.63. The Labute approximate surface area is 138 Å². The second-order valence-corrected chi connectivity index (χ2v) is 8.60. The van der Waals surface area contributed by atoms with Crippen molar-refractivity contribution in [3.63, 3.8) is 0 Å². The van der Waals surface area contributed by atoms with Crippen molar-refractivity contribution in [1.29, 1.82) is 0 Å². The molecule has 1 aliphatic rings. The molecule has 0 bridgehead atoms. The van der Waals surface area contributed by atoms with Crippen LogP contribution in [0.25, 0.3) is 0 Å². The highest BCUT2D eigenvalue weighted by Gasteiger charge is 2.65. The minimum atomic E-state index is -0.209. The lowest BCUT2D eigenvalue weighted by atomic mass is 9.54. The van der Waals surface area contributed by atoms with Gasteiger partial charge in [0.15, 0.2) is 0 Å². The fraction of sp³-hybridized carbons (Fsp3) is 0.850. The summed E-state index contributed by atoms with van der Waals surface area (Å²) < 4.78 is 0. The number of β-lactam (4-membered cyclic amide) rings is 1. The van der Waals surface area contributed by atoms with E-state index in [0.717, 1.165) is 0 Å². The molecule has 0 radical (unpaired) electrons. The summed E-state index contributed by atoms with van der Waals surface area (Å²) >= 11 is 0. The molecule has 0 aromatic carbocycles.